The van der Waals surface area contributed by atoms with Gasteiger partial charge in [0.25, 0.3) is 0 Å². The van der Waals surface area contributed by atoms with Gasteiger partial charge in [0.2, 0.25) is 0 Å². The van der Waals surface area contributed by atoms with Crippen LogP contribution in [0.4, 0.5) is 0 Å². The Morgan fingerprint density at radius 1 is 1.38 bits per heavy atom. The summed E-state index contributed by atoms with van der Waals surface area (Å²) >= 11 is 3.32. The Kier molecular flexibility index (Phi) is 3.56. The normalized spacial score (nSPS) is 34.2. The molecule has 0 unspecified atom stereocenters. The molecule has 1 aliphatic heterocycles. The van der Waals surface area contributed by atoms with E-state index in [1.807, 2.05) is 0 Å². The van der Waals surface area contributed by atoms with Gasteiger partial charge in [0, 0.05) is 22.4 Å². The number of nitrogens with zero attached hydrogens (tertiary/aromatic N) is 1. The van der Waals surface area contributed by atoms with Crippen molar-refractivity contribution in [3.05, 3.63) is 28.5 Å². The lowest BCUT2D eigenvalue weighted by atomic mass is 10.0. The van der Waals surface area contributed by atoms with Gasteiger partial charge in [0.1, 0.15) is 24.4 Å². The SMILES string of the molecule is OC[C@H]1O[C@H](c2cnccc2Br)[C@H](O)[C@@H]1O. The molecule has 6 heteroatoms. The fourth-order valence-electron chi connectivity index (χ4n) is 1.76. The van der Waals surface area contributed by atoms with E-state index in [4.69, 9.17) is 9.84 Å². The standard InChI is InChI=1S/C10H12BrNO4/c11-6-1-2-12-3-5(6)10-9(15)8(14)7(4-13)16-10/h1-3,7-10,13-15H,4H2/t7-,8-,9-,10-/m1/s1. The van der Waals surface area contributed by atoms with Crippen molar-refractivity contribution >= 4 is 15.9 Å². The summed E-state index contributed by atoms with van der Waals surface area (Å²) in [5.41, 5.74) is 0.657. The zero-order valence-electron chi connectivity index (χ0n) is 8.32. The highest BCUT2D eigenvalue weighted by molar-refractivity contribution is 9.10. The Balaban J connectivity index is 2.26. The number of aliphatic hydroxyl groups excluding tert-OH is 3. The molecule has 1 aromatic rings. The van der Waals surface area contributed by atoms with Gasteiger partial charge in [-0.3, -0.25) is 4.98 Å². The second kappa shape index (κ2) is 4.77. The molecule has 3 N–H and O–H groups in total. The summed E-state index contributed by atoms with van der Waals surface area (Å²) in [4.78, 5) is 3.94. The third kappa shape index (κ3) is 1.99. The van der Waals surface area contributed by atoms with Crippen LogP contribution in [0.1, 0.15) is 11.7 Å². The largest absolute Gasteiger partial charge is 0.394 e. The summed E-state index contributed by atoms with van der Waals surface area (Å²) in [6.07, 6.45) is -0.402. The van der Waals surface area contributed by atoms with Gasteiger partial charge in [-0.15, -0.1) is 0 Å². The molecule has 4 atom stereocenters. The van der Waals surface area contributed by atoms with E-state index in [0.717, 1.165) is 4.47 Å². The Labute approximate surface area is 101 Å². The molecule has 0 saturated carbocycles. The highest BCUT2D eigenvalue weighted by atomic mass is 79.9. The summed E-state index contributed by atoms with van der Waals surface area (Å²) in [6, 6.07) is 1.73. The summed E-state index contributed by atoms with van der Waals surface area (Å²) < 4.78 is 6.13. The van der Waals surface area contributed by atoms with Crippen molar-refractivity contribution in [2.45, 2.75) is 24.4 Å². The number of pyridine rings is 1. The fourth-order valence-corrected chi connectivity index (χ4v) is 2.20. The number of aromatic nitrogens is 1. The van der Waals surface area contributed by atoms with E-state index in [1.54, 1.807) is 18.5 Å². The molecule has 0 bridgehead atoms. The molecule has 1 saturated heterocycles. The summed E-state index contributed by atoms with van der Waals surface area (Å²) in [5.74, 6) is 0. The highest BCUT2D eigenvalue weighted by Crippen LogP contribution is 2.36. The second-order valence-electron chi connectivity index (χ2n) is 3.66. The van der Waals surface area contributed by atoms with Crippen molar-refractivity contribution in [3.8, 4) is 0 Å². The van der Waals surface area contributed by atoms with Gasteiger partial charge >= 0.3 is 0 Å². The van der Waals surface area contributed by atoms with Gasteiger partial charge < -0.3 is 20.1 Å². The molecule has 0 amide bonds. The lowest BCUT2D eigenvalue weighted by Crippen LogP contribution is -2.32. The molecule has 1 aromatic heterocycles. The van der Waals surface area contributed by atoms with Gasteiger partial charge in [-0.25, -0.2) is 0 Å². The molecule has 5 nitrogen and oxygen atoms in total. The molecule has 0 spiro atoms. The topological polar surface area (TPSA) is 82.8 Å². The minimum absolute atomic E-state index is 0.327. The first-order valence-electron chi connectivity index (χ1n) is 4.87. The Bertz CT molecular complexity index is 376. The minimum atomic E-state index is -1.08. The van der Waals surface area contributed by atoms with Crippen LogP contribution in [0.3, 0.4) is 0 Å². The number of ether oxygens (including phenoxy) is 1. The maximum absolute atomic E-state index is 9.80. The molecule has 1 fully saturated rings. The van der Waals surface area contributed by atoms with E-state index in [-0.39, 0.29) is 6.61 Å². The van der Waals surface area contributed by atoms with Gasteiger partial charge in [0.05, 0.1) is 6.61 Å². The Morgan fingerprint density at radius 3 is 2.69 bits per heavy atom. The van der Waals surface area contributed by atoms with Gasteiger partial charge in [0.15, 0.2) is 0 Å². The molecule has 2 rings (SSSR count). The van der Waals surface area contributed by atoms with Gasteiger partial charge in [-0.2, -0.15) is 0 Å². The van der Waals surface area contributed by atoms with Crippen LogP contribution in [0.25, 0.3) is 0 Å². The third-order valence-corrected chi connectivity index (χ3v) is 3.37. The molecule has 2 heterocycles. The van der Waals surface area contributed by atoms with Crippen molar-refractivity contribution in [2.24, 2.45) is 0 Å². The number of hydrogen-bond acceptors (Lipinski definition) is 5. The second-order valence-corrected chi connectivity index (χ2v) is 4.51. The van der Waals surface area contributed by atoms with Crippen LogP contribution >= 0.6 is 15.9 Å². The maximum Gasteiger partial charge on any atom is 0.114 e. The molecule has 88 valence electrons. The van der Waals surface area contributed by atoms with Crippen molar-refractivity contribution in [1.29, 1.82) is 0 Å². The number of aliphatic hydroxyl groups is 3. The zero-order valence-corrected chi connectivity index (χ0v) is 9.91. The van der Waals surface area contributed by atoms with Crippen molar-refractivity contribution in [2.75, 3.05) is 6.61 Å². The Hall–Kier alpha value is -0.530. The van der Waals surface area contributed by atoms with E-state index in [9.17, 15) is 10.2 Å². The first-order valence-corrected chi connectivity index (χ1v) is 5.66. The molecule has 0 aliphatic carbocycles. The van der Waals surface area contributed by atoms with E-state index in [0.29, 0.717) is 5.56 Å². The van der Waals surface area contributed by atoms with E-state index < -0.39 is 24.4 Å². The predicted octanol–water partition coefficient (Wildman–Crippen LogP) is -0.00190. The minimum Gasteiger partial charge on any atom is -0.394 e. The smallest absolute Gasteiger partial charge is 0.114 e. The van der Waals surface area contributed by atoms with Crippen LogP contribution in [-0.2, 0) is 4.74 Å². The van der Waals surface area contributed by atoms with Crippen LogP contribution in [0.5, 0.6) is 0 Å². The lowest BCUT2D eigenvalue weighted by Gasteiger charge is -2.15. The highest BCUT2D eigenvalue weighted by Gasteiger charge is 2.43. The third-order valence-electron chi connectivity index (χ3n) is 2.65. The average molecular weight is 290 g/mol. The van der Waals surface area contributed by atoms with Crippen molar-refractivity contribution in [3.63, 3.8) is 0 Å². The summed E-state index contributed by atoms with van der Waals surface area (Å²) in [7, 11) is 0. The number of halogens is 1. The first kappa shape index (κ1) is 11.9. The van der Waals surface area contributed by atoms with E-state index in [2.05, 4.69) is 20.9 Å². The maximum atomic E-state index is 9.80. The van der Waals surface area contributed by atoms with E-state index >= 15 is 0 Å². The fraction of sp³-hybridized carbons (Fsp3) is 0.500. The van der Waals surface area contributed by atoms with E-state index in [1.165, 1.54) is 0 Å². The van der Waals surface area contributed by atoms with Crippen LogP contribution in [0, 0.1) is 0 Å². The zero-order chi connectivity index (χ0) is 11.7. The van der Waals surface area contributed by atoms with Crippen LogP contribution in [-0.4, -0.2) is 45.2 Å². The lowest BCUT2D eigenvalue weighted by molar-refractivity contribution is -0.0230. The Morgan fingerprint density at radius 2 is 2.12 bits per heavy atom. The van der Waals surface area contributed by atoms with Gasteiger partial charge in [-0.1, -0.05) is 15.9 Å². The van der Waals surface area contributed by atoms with Crippen LogP contribution < -0.4 is 0 Å². The van der Waals surface area contributed by atoms with Gasteiger partial charge in [-0.05, 0) is 6.07 Å². The summed E-state index contributed by atoms with van der Waals surface area (Å²) in [6.45, 7) is -0.327. The van der Waals surface area contributed by atoms with Crippen LogP contribution in [0.2, 0.25) is 0 Å². The molecule has 0 radical (unpaired) electrons. The van der Waals surface area contributed by atoms with Crippen molar-refractivity contribution in [1.82, 2.24) is 4.98 Å². The molecule has 16 heavy (non-hydrogen) atoms. The molecular weight excluding hydrogens is 278 g/mol. The number of rotatable bonds is 2. The first-order chi connectivity index (χ1) is 7.65. The predicted molar refractivity (Wildman–Crippen MR) is 58.7 cm³/mol. The monoisotopic (exact) mass is 289 g/mol. The number of hydrogen-bond donors (Lipinski definition) is 3. The quantitative estimate of drug-likeness (QED) is 0.714. The molecular formula is C10H12BrNO4. The van der Waals surface area contributed by atoms with Crippen LogP contribution in [0.15, 0.2) is 22.9 Å². The average Bonchev–Trinajstić information content (AvgIpc) is 2.57. The molecule has 1 aliphatic rings. The van der Waals surface area contributed by atoms with Crippen molar-refractivity contribution < 1.29 is 20.1 Å². The summed E-state index contributed by atoms with van der Waals surface area (Å²) in [5, 5.41) is 28.4. The molecule has 0 aromatic carbocycles.